The lowest BCUT2D eigenvalue weighted by Gasteiger charge is -2.26. The first-order valence-corrected chi connectivity index (χ1v) is 7.74. The van der Waals surface area contributed by atoms with Crippen LogP contribution in [0.25, 0.3) is 11.6 Å². The molecule has 1 fully saturated rings. The third kappa shape index (κ3) is 4.64. The van der Waals surface area contributed by atoms with Crippen LogP contribution in [0.4, 0.5) is 0 Å². The third-order valence-corrected chi connectivity index (χ3v) is 3.63. The molecule has 1 aliphatic rings. The van der Waals surface area contributed by atoms with Gasteiger partial charge in [-0.15, -0.1) is 0 Å². The first kappa shape index (κ1) is 15.7. The number of morpholine rings is 1. The van der Waals surface area contributed by atoms with Crippen LogP contribution in [0.1, 0.15) is 12.3 Å². The lowest BCUT2D eigenvalue weighted by molar-refractivity contribution is -0.121. The lowest BCUT2D eigenvalue weighted by atomic mass is 10.3. The molecule has 0 atom stereocenters. The minimum atomic E-state index is -0.0176. The van der Waals surface area contributed by atoms with Gasteiger partial charge in [-0.05, 0) is 12.1 Å². The summed E-state index contributed by atoms with van der Waals surface area (Å²) in [6.45, 7) is 4.87. The smallest absolute Gasteiger partial charge is 0.238 e. The van der Waals surface area contributed by atoms with Crippen LogP contribution in [0.2, 0.25) is 0 Å². The number of rotatable bonds is 7. The Morgan fingerprint density at radius 2 is 2.22 bits per heavy atom. The summed E-state index contributed by atoms with van der Waals surface area (Å²) in [7, 11) is 0. The van der Waals surface area contributed by atoms with Crippen LogP contribution < -0.4 is 5.32 Å². The van der Waals surface area contributed by atoms with Gasteiger partial charge in [0.05, 0.1) is 19.5 Å². The molecule has 0 bridgehead atoms. The van der Waals surface area contributed by atoms with Gasteiger partial charge in [0.1, 0.15) is 0 Å². The number of furan rings is 1. The van der Waals surface area contributed by atoms with E-state index >= 15 is 0 Å². The molecule has 2 aromatic rings. The number of nitrogens with one attached hydrogen (secondary N) is 1. The topological polar surface area (TPSA) is 93.6 Å². The molecule has 0 radical (unpaired) electrons. The molecule has 8 heteroatoms. The maximum Gasteiger partial charge on any atom is 0.238 e. The Labute approximate surface area is 133 Å². The Kier molecular flexibility index (Phi) is 5.38. The van der Waals surface area contributed by atoms with Crippen molar-refractivity contribution in [2.75, 3.05) is 39.4 Å². The molecule has 8 nitrogen and oxygen atoms in total. The van der Waals surface area contributed by atoms with Gasteiger partial charge in [0.25, 0.3) is 0 Å². The Balaban J connectivity index is 1.35. The minimum absolute atomic E-state index is 0.0176. The van der Waals surface area contributed by atoms with E-state index in [0.29, 0.717) is 36.9 Å². The Morgan fingerprint density at radius 3 is 3.00 bits per heavy atom. The van der Waals surface area contributed by atoms with E-state index in [0.717, 1.165) is 32.8 Å². The summed E-state index contributed by atoms with van der Waals surface area (Å²) in [6.07, 6.45) is 2.28. The zero-order chi connectivity index (χ0) is 15.9. The van der Waals surface area contributed by atoms with Gasteiger partial charge in [-0.1, -0.05) is 5.16 Å². The zero-order valence-corrected chi connectivity index (χ0v) is 12.9. The number of hydrogen-bond acceptors (Lipinski definition) is 7. The number of carbonyl (C=O) groups is 1. The molecular weight excluding hydrogens is 300 g/mol. The second-order valence-corrected chi connectivity index (χ2v) is 5.29. The van der Waals surface area contributed by atoms with E-state index in [1.54, 1.807) is 18.4 Å². The van der Waals surface area contributed by atoms with Crippen LogP contribution in [0.15, 0.2) is 27.3 Å². The largest absolute Gasteiger partial charge is 0.461 e. The molecule has 0 aliphatic carbocycles. The van der Waals surface area contributed by atoms with Crippen molar-refractivity contribution in [1.29, 1.82) is 0 Å². The van der Waals surface area contributed by atoms with Gasteiger partial charge in [0, 0.05) is 39.0 Å². The Morgan fingerprint density at radius 1 is 1.35 bits per heavy atom. The summed E-state index contributed by atoms with van der Waals surface area (Å²) in [6, 6.07) is 3.51. The summed E-state index contributed by atoms with van der Waals surface area (Å²) in [5.74, 6) is 1.36. The van der Waals surface area contributed by atoms with Crippen molar-refractivity contribution in [3.05, 3.63) is 24.3 Å². The molecule has 124 valence electrons. The number of aromatic nitrogens is 2. The normalized spacial score (nSPS) is 15.7. The highest BCUT2D eigenvalue weighted by Crippen LogP contribution is 2.16. The number of aryl methyl sites for hydroxylation is 1. The van der Waals surface area contributed by atoms with Gasteiger partial charge in [-0.25, -0.2) is 0 Å². The molecule has 3 heterocycles. The lowest BCUT2D eigenvalue weighted by Crippen LogP contribution is -2.41. The number of amides is 1. The van der Waals surface area contributed by atoms with E-state index in [1.165, 1.54) is 0 Å². The fraction of sp³-hybridized carbons (Fsp3) is 0.533. The predicted molar refractivity (Wildman–Crippen MR) is 80.6 cm³/mol. The predicted octanol–water partition coefficient (Wildman–Crippen LogP) is 0.711. The van der Waals surface area contributed by atoms with Crippen LogP contribution >= 0.6 is 0 Å². The number of ether oxygens (including phenoxy) is 1. The number of hydrogen-bond donors (Lipinski definition) is 1. The van der Waals surface area contributed by atoms with E-state index in [-0.39, 0.29) is 5.91 Å². The fourth-order valence-corrected chi connectivity index (χ4v) is 2.35. The second kappa shape index (κ2) is 7.89. The maximum absolute atomic E-state index is 11.8. The average Bonchev–Trinajstić information content (AvgIpc) is 3.25. The third-order valence-electron chi connectivity index (χ3n) is 3.63. The molecular formula is C15H20N4O4. The highest BCUT2D eigenvalue weighted by atomic mass is 16.5. The van der Waals surface area contributed by atoms with Crippen LogP contribution in [0.3, 0.4) is 0 Å². The van der Waals surface area contributed by atoms with Crippen LogP contribution in [0.5, 0.6) is 0 Å². The minimum Gasteiger partial charge on any atom is -0.461 e. The summed E-state index contributed by atoms with van der Waals surface area (Å²) in [5.41, 5.74) is 0. The van der Waals surface area contributed by atoms with Gasteiger partial charge in [-0.3, -0.25) is 9.69 Å². The second-order valence-electron chi connectivity index (χ2n) is 5.29. The van der Waals surface area contributed by atoms with E-state index in [9.17, 15) is 4.79 Å². The zero-order valence-electron chi connectivity index (χ0n) is 12.9. The molecule has 0 spiro atoms. The first-order valence-electron chi connectivity index (χ1n) is 7.74. The van der Waals surface area contributed by atoms with Gasteiger partial charge >= 0.3 is 0 Å². The summed E-state index contributed by atoms with van der Waals surface area (Å²) in [5, 5.41) is 6.73. The Hall–Kier alpha value is -2.19. The maximum atomic E-state index is 11.8. The molecule has 3 rings (SSSR count). The standard InChI is InChI=1S/C15H20N4O4/c20-13(16-5-6-19-7-10-21-11-8-19)3-4-14-17-15(18-23-14)12-2-1-9-22-12/h1-2,9H,3-8,10-11H2,(H,16,20). The van der Waals surface area contributed by atoms with Crippen LogP contribution in [-0.4, -0.2) is 60.3 Å². The first-order chi connectivity index (χ1) is 11.3. The van der Waals surface area contributed by atoms with Crippen LogP contribution in [0, 0.1) is 0 Å². The van der Waals surface area contributed by atoms with Gasteiger partial charge < -0.3 is 19.0 Å². The quantitative estimate of drug-likeness (QED) is 0.803. The van der Waals surface area contributed by atoms with Gasteiger partial charge in [0.2, 0.25) is 17.6 Å². The highest BCUT2D eigenvalue weighted by molar-refractivity contribution is 5.76. The van der Waals surface area contributed by atoms with Crippen molar-refractivity contribution >= 4 is 5.91 Å². The van der Waals surface area contributed by atoms with Crippen LogP contribution in [-0.2, 0) is 16.0 Å². The fourth-order valence-electron chi connectivity index (χ4n) is 2.35. The molecule has 0 unspecified atom stereocenters. The summed E-state index contributed by atoms with van der Waals surface area (Å²) >= 11 is 0. The SMILES string of the molecule is O=C(CCc1nc(-c2ccco2)no1)NCCN1CCOCC1. The van der Waals surface area contributed by atoms with Crippen molar-refractivity contribution in [2.24, 2.45) is 0 Å². The number of carbonyl (C=O) groups excluding carboxylic acids is 1. The highest BCUT2D eigenvalue weighted by Gasteiger charge is 2.13. The van der Waals surface area contributed by atoms with Crippen molar-refractivity contribution < 1.29 is 18.5 Å². The van der Waals surface area contributed by atoms with Gasteiger partial charge in [-0.2, -0.15) is 4.98 Å². The summed E-state index contributed by atoms with van der Waals surface area (Å²) < 4.78 is 15.6. The molecule has 0 aromatic carbocycles. The molecule has 23 heavy (non-hydrogen) atoms. The van der Waals surface area contributed by atoms with Crippen molar-refractivity contribution in [3.8, 4) is 11.6 Å². The molecule has 1 N–H and O–H groups in total. The molecule has 1 saturated heterocycles. The van der Waals surface area contributed by atoms with Crippen molar-refractivity contribution in [3.63, 3.8) is 0 Å². The molecule has 0 saturated carbocycles. The molecule has 1 amide bonds. The monoisotopic (exact) mass is 320 g/mol. The number of nitrogens with zero attached hydrogens (tertiary/aromatic N) is 3. The Bertz CT molecular complexity index is 605. The summed E-state index contributed by atoms with van der Waals surface area (Å²) in [4.78, 5) is 18.3. The van der Waals surface area contributed by atoms with E-state index in [1.807, 2.05) is 0 Å². The van der Waals surface area contributed by atoms with E-state index in [2.05, 4.69) is 20.4 Å². The van der Waals surface area contributed by atoms with Crippen molar-refractivity contribution in [1.82, 2.24) is 20.4 Å². The average molecular weight is 320 g/mol. The van der Waals surface area contributed by atoms with Crippen molar-refractivity contribution in [2.45, 2.75) is 12.8 Å². The van der Waals surface area contributed by atoms with Gasteiger partial charge in [0.15, 0.2) is 5.76 Å². The van der Waals surface area contributed by atoms with E-state index in [4.69, 9.17) is 13.7 Å². The molecule has 2 aromatic heterocycles. The van der Waals surface area contributed by atoms with E-state index < -0.39 is 0 Å². The molecule has 1 aliphatic heterocycles.